The van der Waals surface area contributed by atoms with Crippen LogP contribution in [0.1, 0.15) is 11.6 Å². The van der Waals surface area contributed by atoms with Gasteiger partial charge in [-0.25, -0.2) is 0 Å². The molecule has 0 aromatic heterocycles. The van der Waals surface area contributed by atoms with Crippen LogP contribution in [0.3, 0.4) is 0 Å². The smallest absolute Gasteiger partial charge is 0.0862 e. The van der Waals surface area contributed by atoms with Gasteiger partial charge in [-0.15, -0.1) is 0 Å². The molecule has 0 aliphatic heterocycles. The summed E-state index contributed by atoms with van der Waals surface area (Å²) < 4.78 is 0. The zero-order chi connectivity index (χ0) is 11.4. The van der Waals surface area contributed by atoms with E-state index >= 15 is 0 Å². The van der Waals surface area contributed by atoms with Gasteiger partial charge in [-0.3, -0.25) is 0 Å². The Hall–Kier alpha value is -2.03. The van der Waals surface area contributed by atoms with E-state index in [-0.39, 0.29) is 6.61 Å². The van der Waals surface area contributed by atoms with Gasteiger partial charge in [0.2, 0.25) is 0 Å². The molecular formula is C12H11N3O. The highest BCUT2D eigenvalue weighted by Crippen LogP contribution is 2.26. The SMILES string of the molecule is [N-]=[N+]=NC(CO)c1cccc2ccccc12. The van der Waals surface area contributed by atoms with Crippen molar-refractivity contribution in [3.05, 3.63) is 58.5 Å². The van der Waals surface area contributed by atoms with E-state index in [9.17, 15) is 5.11 Å². The first-order chi connectivity index (χ1) is 7.86. The number of rotatable bonds is 3. The van der Waals surface area contributed by atoms with E-state index in [0.29, 0.717) is 0 Å². The number of azide groups is 1. The van der Waals surface area contributed by atoms with Crippen LogP contribution in [-0.4, -0.2) is 11.7 Å². The topological polar surface area (TPSA) is 69.0 Å². The van der Waals surface area contributed by atoms with Crippen molar-refractivity contribution in [2.45, 2.75) is 6.04 Å². The molecule has 0 fully saturated rings. The Morgan fingerprint density at radius 2 is 1.94 bits per heavy atom. The molecule has 0 aliphatic rings. The summed E-state index contributed by atoms with van der Waals surface area (Å²) in [6.45, 7) is -0.182. The summed E-state index contributed by atoms with van der Waals surface area (Å²) in [6.07, 6.45) is 0. The summed E-state index contributed by atoms with van der Waals surface area (Å²) >= 11 is 0. The van der Waals surface area contributed by atoms with E-state index in [4.69, 9.17) is 5.53 Å². The molecule has 2 rings (SSSR count). The van der Waals surface area contributed by atoms with Crippen LogP contribution < -0.4 is 0 Å². The lowest BCUT2D eigenvalue weighted by atomic mass is 10.00. The molecule has 80 valence electrons. The molecule has 1 unspecified atom stereocenters. The average Bonchev–Trinajstić information content (AvgIpc) is 2.35. The molecular weight excluding hydrogens is 202 g/mol. The fourth-order valence-corrected chi connectivity index (χ4v) is 1.80. The van der Waals surface area contributed by atoms with E-state index < -0.39 is 6.04 Å². The minimum atomic E-state index is -0.518. The number of aliphatic hydroxyl groups excluding tert-OH is 1. The standard InChI is InChI=1S/C12H11N3O/c13-15-14-12(8-16)11-7-3-5-9-4-1-2-6-10(9)11/h1-7,12,16H,8H2. The maximum absolute atomic E-state index is 9.21. The zero-order valence-corrected chi connectivity index (χ0v) is 8.61. The molecule has 2 aromatic rings. The van der Waals surface area contributed by atoms with Crippen molar-refractivity contribution in [3.63, 3.8) is 0 Å². The van der Waals surface area contributed by atoms with Crippen molar-refractivity contribution < 1.29 is 5.11 Å². The lowest BCUT2D eigenvalue weighted by Gasteiger charge is -2.11. The normalized spacial score (nSPS) is 12.1. The molecule has 0 radical (unpaired) electrons. The maximum Gasteiger partial charge on any atom is 0.0862 e. The first-order valence-corrected chi connectivity index (χ1v) is 4.99. The second-order valence-corrected chi connectivity index (χ2v) is 3.47. The van der Waals surface area contributed by atoms with Crippen molar-refractivity contribution in [2.75, 3.05) is 6.61 Å². The Balaban J connectivity index is 2.63. The second-order valence-electron chi connectivity index (χ2n) is 3.47. The number of fused-ring (bicyclic) bond motifs is 1. The van der Waals surface area contributed by atoms with Crippen LogP contribution in [0.4, 0.5) is 0 Å². The Kier molecular flexibility index (Phi) is 3.05. The van der Waals surface area contributed by atoms with Crippen LogP contribution in [0, 0.1) is 0 Å². The summed E-state index contributed by atoms with van der Waals surface area (Å²) in [5.74, 6) is 0. The van der Waals surface area contributed by atoms with Crippen LogP contribution in [-0.2, 0) is 0 Å². The minimum absolute atomic E-state index is 0.182. The Bertz CT molecular complexity index is 541. The van der Waals surface area contributed by atoms with E-state index in [0.717, 1.165) is 16.3 Å². The predicted molar refractivity (Wildman–Crippen MR) is 62.9 cm³/mol. The van der Waals surface area contributed by atoms with Crippen molar-refractivity contribution in [3.8, 4) is 0 Å². The summed E-state index contributed by atoms with van der Waals surface area (Å²) in [7, 11) is 0. The number of nitrogens with zero attached hydrogens (tertiary/aromatic N) is 3. The maximum atomic E-state index is 9.21. The Morgan fingerprint density at radius 1 is 1.19 bits per heavy atom. The Labute approximate surface area is 92.8 Å². The van der Waals surface area contributed by atoms with E-state index in [1.54, 1.807) is 0 Å². The molecule has 2 aromatic carbocycles. The number of hydrogen-bond donors (Lipinski definition) is 1. The quantitative estimate of drug-likeness (QED) is 0.474. The monoisotopic (exact) mass is 213 g/mol. The van der Waals surface area contributed by atoms with Gasteiger partial charge in [-0.05, 0) is 21.9 Å². The number of hydrogen-bond acceptors (Lipinski definition) is 2. The third-order valence-electron chi connectivity index (χ3n) is 2.55. The van der Waals surface area contributed by atoms with Crippen molar-refractivity contribution in [2.24, 2.45) is 5.11 Å². The molecule has 4 nitrogen and oxygen atoms in total. The van der Waals surface area contributed by atoms with Crippen LogP contribution in [0.5, 0.6) is 0 Å². The third-order valence-corrected chi connectivity index (χ3v) is 2.55. The van der Waals surface area contributed by atoms with Crippen molar-refractivity contribution in [1.29, 1.82) is 0 Å². The highest BCUT2D eigenvalue weighted by molar-refractivity contribution is 5.86. The molecule has 1 N–H and O–H groups in total. The van der Waals surface area contributed by atoms with Crippen LogP contribution in [0.2, 0.25) is 0 Å². The van der Waals surface area contributed by atoms with Gasteiger partial charge in [0, 0.05) is 4.91 Å². The van der Waals surface area contributed by atoms with Crippen molar-refractivity contribution >= 4 is 10.8 Å². The highest BCUT2D eigenvalue weighted by Gasteiger charge is 2.10. The molecule has 0 aliphatic carbocycles. The molecule has 0 spiro atoms. The van der Waals surface area contributed by atoms with Gasteiger partial charge in [0.25, 0.3) is 0 Å². The average molecular weight is 213 g/mol. The second kappa shape index (κ2) is 4.66. The summed E-state index contributed by atoms with van der Waals surface area (Å²) in [5, 5.41) is 14.9. The highest BCUT2D eigenvalue weighted by atomic mass is 16.3. The largest absolute Gasteiger partial charge is 0.396 e. The molecule has 1 atom stereocenters. The predicted octanol–water partition coefficient (Wildman–Crippen LogP) is 3.18. The molecule has 0 bridgehead atoms. The van der Waals surface area contributed by atoms with Gasteiger partial charge < -0.3 is 5.11 Å². The summed E-state index contributed by atoms with van der Waals surface area (Å²) in [4.78, 5) is 2.76. The van der Waals surface area contributed by atoms with Crippen LogP contribution >= 0.6 is 0 Å². The zero-order valence-electron chi connectivity index (χ0n) is 8.61. The molecule has 0 amide bonds. The van der Waals surface area contributed by atoms with Gasteiger partial charge in [-0.1, -0.05) is 47.6 Å². The van der Waals surface area contributed by atoms with Gasteiger partial charge in [0.15, 0.2) is 0 Å². The number of aliphatic hydroxyl groups is 1. The summed E-state index contributed by atoms with van der Waals surface area (Å²) in [5.41, 5.74) is 9.31. The molecule has 0 saturated carbocycles. The van der Waals surface area contributed by atoms with Crippen molar-refractivity contribution in [1.82, 2.24) is 0 Å². The lowest BCUT2D eigenvalue weighted by Crippen LogP contribution is -2.00. The first kappa shape index (κ1) is 10.5. The van der Waals surface area contributed by atoms with Gasteiger partial charge in [0.05, 0.1) is 12.6 Å². The molecule has 16 heavy (non-hydrogen) atoms. The Morgan fingerprint density at radius 3 is 2.69 bits per heavy atom. The van der Waals surface area contributed by atoms with E-state index in [1.165, 1.54) is 0 Å². The van der Waals surface area contributed by atoms with Gasteiger partial charge in [-0.2, -0.15) is 0 Å². The minimum Gasteiger partial charge on any atom is -0.396 e. The number of benzene rings is 2. The van der Waals surface area contributed by atoms with E-state index in [1.807, 2.05) is 42.5 Å². The van der Waals surface area contributed by atoms with E-state index in [2.05, 4.69) is 10.0 Å². The molecule has 4 heteroatoms. The van der Waals surface area contributed by atoms with Crippen LogP contribution in [0.15, 0.2) is 47.6 Å². The molecule has 0 heterocycles. The summed E-state index contributed by atoms with van der Waals surface area (Å²) in [6, 6.07) is 13.1. The third kappa shape index (κ3) is 1.84. The van der Waals surface area contributed by atoms with Gasteiger partial charge >= 0.3 is 0 Å². The molecule has 0 saturated heterocycles. The van der Waals surface area contributed by atoms with Crippen LogP contribution in [0.25, 0.3) is 21.2 Å². The first-order valence-electron chi connectivity index (χ1n) is 4.99. The van der Waals surface area contributed by atoms with Gasteiger partial charge in [0.1, 0.15) is 0 Å². The lowest BCUT2D eigenvalue weighted by molar-refractivity contribution is 0.268. The fraction of sp³-hybridized carbons (Fsp3) is 0.167. The fourth-order valence-electron chi connectivity index (χ4n) is 1.80.